The molecule has 0 aliphatic heterocycles. The van der Waals surface area contributed by atoms with Gasteiger partial charge >= 0.3 is 0 Å². The molecule has 0 saturated carbocycles. The van der Waals surface area contributed by atoms with Gasteiger partial charge in [-0.15, -0.1) is 0 Å². The molecule has 0 fully saturated rings. The van der Waals surface area contributed by atoms with Crippen LogP contribution in [0.3, 0.4) is 0 Å². The lowest BCUT2D eigenvalue weighted by molar-refractivity contribution is -0.115. The lowest BCUT2D eigenvalue weighted by Crippen LogP contribution is -2.26. The number of benzene rings is 1. The molecule has 1 rings (SSSR count). The first kappa shape index (κ1) is 16.2. The van der Waals surface area contributed by atoms with Crippen LogP contribution in [0, 0.1) is 0 Å². The van der Waals surface area contributed by atoms with Crippen molar-refractivity contribution >= 4 is 17.5 Å². The minimum Gasteiger partial charge on any atom is -0.382 e. The average molecular weight is 278 g/mol. The highest BCUT2D eigenvalue weighted by atomic mass is 16.5. The highest BCUT2D eigenvalue weighted by molar-refractivity contribution is 6.03. The van der Waals surface area contributed by atoms with Crippen molar-refractivity contribution in [2.75, 3.05) is 25.1 Å². The maximum atomic E-state index is 12.1. The summed E-state index contributed by atoms with van der Waals surface area (Å²) >= 11 is 0. The molecule has 5 nitrogen and oxygen atoms in total. The SMILES string of the molecule is CCOCCCNC(=O)c1ccccc1NC(=O)CC. The Bertz CT molecular complexity index is 446. The fraction of sp³-hybridized carbons (Fsp3) is 0.467. The van der Waals surface area contributed by atoms with Crippen molar-refractivity contribution in [2.45, 2.75) is 26.7 Å². The second-order valence-corrected chi connectivity index (χ2v) is 4.25. The molecule has 0 atom stereocenters. The third kappa shape index (κ3) is 5.40. The van der Waals surface area contributed by atoms with Crippen LogP contribution in [0.4, 0.5) is 5.69 Å². The maximum absolute atomic E-state index is 12.1. The van der Waals surface area contributed by atoms with E-state index in [4.69, 9.17) is 4.74 Å². The molecule has 0 aromatic heterocycles. The summed E-state index contributed by atoms with van der Waals surface area (Å²) < 4.78 is 5.20. The molecule has 0 aliphatic carbocycles. The molecule has 0 radical (unpaired) electrons. The topological polar surface area (TPSA) is 67.4 Å². The van der Waals surface area contributed by atoms with Gasteiger partial charge in [0, 0.05) is 26.2 Å². The molecular weight excluding hydrogens is 256 g/mol. The lowest BCUT2D eigenvalue weighted by Gasteiger charge is -2.11. The Balaban J connectivity index is 2.56. The summed E-state index contributed by atoms with van der Waals surface area (Å²) in [7, 11) is 0. The van der Waals surface area contributed by atoms with Gasteiger partial charge in [0.05, 0.1) is 11.3 Å². The number of anilines is 1. The predicted octanol–water partition coefficient (Wildman–Crippen LogP) is 2.19. The fourth-order valence-corrected chi connectivity index (χ4v) is 1.64. The molecule has 2 amide bonds. The average Bonchev–Trinajstić information content (AvgIpc) is 2.47. The van der Waals surface area contributed by atoms with Crippen LogP contribution in [0.15, 0.2) is 24.3 Å². The number of amides is 2. The number of ether oxygens (including phenoxy) is 1. The highest BCUT2D eigenvalue weighted by Crippen LogP contribution is 2.15. The van der Waals surface area contributed by atoms with Crippen LogP contribution in [0.1, 0.15) is 37.0 Å². The smallest absolute Gasteiger partial charge is 0.253 e. The largest absolute Gasteiger partial charge is 0.382 e. The summed E-state index contributed by atoms with van der Waals surface area (Å²) in [6.07, 6.45) is 1.15. The number of carbonyl (C=O) groups excluding carboxylic acids is 2. The van der Waals surface area contributed by atoms with Crippen LogP contribution >= 0.6 is 0 Å². The molecular formula is C15H22N2O3. The number of para-hydroxylation sites is 1. The molecule has 2 N–H and O–H groups in total. The maximum Gasteiger partial charge on any atom is 0.253 e. The van der Waals surface area contributed by atoms with Crippen LogP contribution in [-0.2, 0) is 9.53 Å². The number of carbonyl (C=O) groups is 2. The van der Waals surface area contributed by atoms with E-state index in [0.717, 1.165) is 6.42 Å². The number of nitrogens with one attached hydrogen (secondary N) is 2. The van der Waals surface area contributed by atoms with Crippen molar-refractivity contribution in [3.05, 3.63) is 29.8 Å². The van der Waals surface area contributed by atoms with E-state index in [-0.39, 0.29) is 11.8 Å². The molecule has 0 saturated heterocycles. The van der Waals surface area contributed by atoms with E-state index in [0.29, 0.717) is 37.4 Å². The van der Waals surface area contributed by atoms with Gasteiger partial charge in [0.15, 0.2) is 0 Å². The minimum absolute atomic E-state index is 0.110. The second-order valence-electron chi connectivity index (χ2n) is 4.25. The molecule has 0 bridgehead atoms. The standard InChI is InChI=1S/C15H22N2O3/c1-3-14(18)17-13-9-6-5-8-12(13)15(19)16-10-7-11-20-4-2/h5-6,8-9H,3-4,7,10-11H2,1-2H3,(H,16,19)(H,17,18). The second kappa shape index (κ2) is 9.09. The van der Waals surface area contributed by atoms with Crippen LogP contribution < -0.4 is 10.6 Å². The summed E-state index contributed by atoms with van der Waals surface area (Å²) in [6, 6.07) is 6.99. The Morgan fingerprint density at radius 1 is 1.20 bits per heavy atom. The summed E-state index contributed by atoms with van der Waals surface area (Å²) in [4.78, 5) is 23.5. The summed E-state index contributed by atoms with van der Waals surface area (Å²) in [5.41, 5.74) is 1.02. The molecule has 0 unspecified atom stereocenters. The van der Waals surface area contributed by atoms with E-state index < -0.39 is 0 Å². The van der Waals surface area contributed by atoms with Crippen molar-refractivity contribution in [1.82, 2.24) is 5.32 Å². The quantitative estimate of drug-likeness (QED) is 0.716. The van der Waals surface area contributed by atoms with E-state index in [1.807, 2.05) is 6.92 Å². The van der Waals surface area contributed by atoms with E-state index in [1.54, 1.807) is 31.2 Å². The van der Waals surface area contributed by atoms with Crippen LogP contribution in [0.5, 0.6) is 0 Å². The van der Waals surface area contributed by atoms with Gasteiger partial charge in [0.2, 0.25) is 5.91 Å². The molecule has 5 heteroatoms. The third-order valence-electron chi connectivity index (χ3n) is 2.72. The van der Waals surface area contributed by atoms with E-state index >= 15 is 0 Å². The normalized spacial score (nSPS) is 10.1. The zero-order valence-electron chi connectivity index (χ0n) is 12.1. The zero-order valence-corrected chi connectivity index (χ0v) is 12.1. The van der Waals surface area contributed by atoms with E-state index in [2.05, 4.69) is 10.6 Å². The van der Waals surface area contributed by atoms with Crippen LogP contribution in [0.25, 0.3) is 0 Å². The van der Waals surface area contributed by atoms with Gasteiger partial charge in [-0.25, -0.2) is 0 Å². The highest BCUT2D eigenvalue weighted by Gasteiger charge is 2.11. The first-order chi connectivity index (χ1) is 9.69. The van der Waals surface area contributed by atoms with Crippen molar-refractivity contribution < 1.29 is 14.3 Å². The first-order valence-corrected chi connectivity index (χ1v) is 6.93. The molecule has 1 aromatic rings. The Kier molecular flexibility index (Phi) is 7.35. The van der Waals surface area contributed by atoms with Gasteiger partial charge in [-0.1, -0.05) is 19.1 Å². The van der Waals surface area contributed by atoms with Crippen molar-refractivity contribution in [3.8, 4) is 0 Å². The predicted molar refractivity (Wildman–Crippen MR) is 78.8 cm³/mol. The van der Waals surface area contributed by atoms with Gasteiger partial charge in [0.1, 0.15) is 0 Å². The van der Waals surface area contributed by atoms with Crippen molar-refractivity contribution in [3.63, 3.8) is 0 Å². The summed E-state index contributed by atoms with van der Waals surface area (Å²) in [5, 5.41) is 5.55. The molecule has 110 valence electrons. The van der Waals surface area contributed by atoms with Crippen LogP contribution in [-0.4, -0.2) is 31.6 Å². The van der Waals surface area contributed by atoms with Gasteiger partial charge in [-0.3, -0.25) is 9.59 Å². The van der Waals surface area contributed by atoms with Gasteiger partial charge in [-0.05, 0) is 25.5 Å². The molecule has 0 spiro atoms. The fourth-order valence-electron chi connectivity index (χ4n) is 1.64. The van der Waals surface area contributed by atoms with Gasteiger partial charge in [0.25, 0.3) is 5.91 Å². The molecule has 20 heavy (non-hydrogen) atoms. The Labute approximate surface area is 119 Å². The third-order valence-corrected chi connectivity index (χ3v) is 2.72. The monoisotopic (exact) mass is 278 g/mol. The Morgan fingerprint density at radius 2 is 1.95 bits per heavy atom. The first-order valence-electron chi connectivity index (χ1n) is 6.93. The lowest BCUT2D eigenvalue weighted by atomic mass is 10.1. The van der Waals surface area contributed by atoms with Crippen LogP contribution in [0.2, 0.25) is 0 Å². The Morgan fingerprint density at radius 3 is 2.65 bits per heavy atom. The van der Waals surface area contributed by atoms with Crippen molar-refractivity contribution in [1.29, 1.82) is 0 Å². The zero-order chi connectivity index (χ0) is 14.8. The number of hydrogen-bond donors (Lipinski definition) is 2. The van der Waals surface area contributed by atoms with Gasteiger partial charge < -0.3 is 15.4 Å². The number of hydrogen-bond acceptors (Lipinski definition) is 3. The van der Waals surface area contributed by atoms with E-state index in [1.165, 1.54) is 0 Å². The van der Waals surface area contributed by atoms with Gasteiger partial charge in [-0.2, -0.15) is 0 Å². The summed E-state index contributed by atoms with van der Waals surface area (Å²) in [5.74, 6) is -0.296. The number of rotatable bonds is 8. The van der Waals surface area contributed by atoms with Crippen molar-refractivity contribution in [2.24, 2.45) is 0 Å². The van der Waals surface area contributed by atoms with E-state index in [9.17, 15) is 9.59 Å². The minimum atomic E-state index is -0.187. The Hall–Kier alpha value is -1.88. The molecule has 0 aliphatic rings. The summed E-state index contributed by atoms with van der Waals surface area (Å²) in [6.45, 7) is 5.57. The molecule has 1 aromatic carbocycles. The molecule has 0 heterocycles.